The molecular formula is C25H32N4O3. The van der Waals surface area contributed by atoms with Gasteiger partial charge in [0.1, 0.15) is 0 Å². The number of benzene rings is 1. The molecule has 0 aliphatic carbocycles. The van der Waals surface area contributed by atoms with Crippen molar-refractivity contribution < 1.29 is 14.3 Å². The summed E-state index contributed by atoms with van der Waals surface area (Å²) in [5.41, 5.74) is 1.65. The molecule has 1 aliphatic rings. The van der Waals surface area contributed by atoms with Crippen LogP contribution in [0.2, 0.25) is 0 Å². The van der Waals surface area contributed by atoms with Crippen molar-refractivity contribution in [1.82, 2.24) is 14.8 Å². The first-order valence-electron chi connectivity index (χ1n) is 11.2. The van der Waals surface area contributed by atoms with Gasteiger partial charge in [-0.25, -0.2) is 0 Å². The number of amides is 1. The number of likely N-dealkylation sites (tertiary alicyclic amines) is 1. The number of hydrogen-bond acceptors (Lipinski definition) is 6. The third-order valence-electron chi connectivity index (χ3n) is 5.99. The number of nitrogens with zero attached hydrogens (tertiary/aromatic N) is 4. The first-order chi connectivity index (χ1) is 15.6. The first-order valence-corrected chi connectivity index (χ1v) is 11.2. The zero-order valence-corrected chi connectivity index (χ0v) is 19.0. The molecule has 7 nitrogen and oxygen atoms in total. The molecule has 1 saturated heterocycles. The third kappa shape index (κ3) is 6.69. The average Bonchev–Trinajstić information content (AvgIpc) is 2.85. The van der Waals surface area contributed by atoms with E-state index in [1.54, 1.807) is 25.3 Å². The number of methoxy groups -OCH3 is 1. The van der Waals surface area contributed by atoms with Gasteiger partial charge in [-0.2, -0.15) is 5.26 Å². The minimum atomic E-state index is 0.160. The van der Waals surface area contributed by atoms with Gasteiger partial charge in [-0.15, -0.1) is 0 Å². The fraction of sp³-hybridized carbons (Fsp3) is 0.480. The van der Waals surface area contributed by atoms with Gasteiger partial charge in [0.05, 0.1) is 25.3 Å². The Hall–Kier alpha value is -3.11. The van der Waals surface area contributed by atoms with Crippen molar-refractivity contribution in [1.29, 1.82) is 5.26 Å². The molecule has 1 amide bonds. The number of hydrogen-bond donors (Lipinski definition) is 0. The maximum absolute atomic E-state index is 12.6. The zero-order valence-electron chi connectivity index (χ0n) is 19.0. The maximum Gasteiger partial charge on any atom is 0.222 e. The van der Waals surface area contributed by atoms with Crippen LogP contribution in [0.15, 0.2) is 42.6 Å². The van der Waals surface area contributed by atoms with Crippen molar-refractivity contribution in [3.63, 3.8) is 0 Å². The molecule has 170 valence electrons. The molecule has 0 N–H and O–H groups in total. The van der Waals surface area contributed by atoms with Gasteiger partial charge in [0.2, 0.25) is 5.91 Å². The van der Waals surface area contributed by atoms with Gasteiger partial charge in [-0.05, 0) is 43.5 Å². The summed E-state index contributed by atoms with van der Waals surface area (Å²) < 4.78 is 11.0. The van der Waals surface area contributed by atoms with E-state index < -0.39 is 0 Å². The molecule has 32 heavy (non-hydrogen) atoms. The lowest BCUT2D eigenvalue weighted by Gasteiger charge is -2.36. The molecule has 1 aliphatic heterocycles. The summed E-state index contributed by atoms with van der Waals surface area (Å²) in [6, 6.07) is 13.5. The number of carbonyl (C=O) groups is 1. The molecule has 3 rings (SSSR count). The summed E-state index contributed by atoms with van der Waals surface area (Å²) >= 11 is 0. The van der Waals surface area contributed by atoms with Gasteiger partial charge in [0.15, 0.2) is 11.5 Å². The summed E-state index contributed by atoms with van der Waals surface area (Å²) in [5.74, 6) is 1.28. The fourth-order valence-electron chi connectivity index (χ4n) is 3.99. The SMILES string of the molecule is COc1cc(C#N)ccc1OCCCC(=O)N(C)C1CCN(CCc2ccccn2)CC1. The zero-order chi connectivity index (χ0) is 22.8. The second-order valence-corrected chi connectivity index (χ2v) is 8.08. The minimum absolute atomic E-state index is 0.160. The largest absolute Gasteiger partial charge is 0.493 e. The van der Waals surface area contributed by atoms with Crippen molar-refractivity contribution in [3.8, 4) is 17.6 Å². The van der Waals surface area contributed by atoms with Gasteiger partial charge in [-0.3, -0.25) is 9.78 Å². The van der Waals surface area contributed by atoms with Gasteiger partial charge < -0.3 is 19.3 Å². The quantitative estimate of drug-likeness (QED) is 0.532. The monoisotopic (exact) mass is 436 g/mol. The van der Waals surface area contributed by atoms with Crippen LogP contribution in [0.5, 0.6) is 11.5 Å². The number of aromatic nitrogens is 1. The van der Waals surface area contributed by atoms with E-state index in [1.165, 1.54) is 0 Å². The first kappa shape index (κ1) is 23.6. The van der Waals surface area contributed by atoms with Gasteiger partial charge in [-0.1, -0.05) is 6.07 Å². The highest BCUT2D eigenvalue weighted by Gasteiger charge is 2.25. The Balaban J connectivity index is 1.35. The van der Waals surface area contributed by atoms with E-state index in [2.05, 4.69) is 22.0 Å². The predicted molar refractivity (Wildman–Crippen MR) is 123 cm³/mol. The Labute approximate surface area is 190 Å². The molecule has 0 spiro atoms. The molecule has 0 unspecified atom stereocenters. The molecule has 0 saturated carbocycles. The smallest absolute Gasteiger partial charge is 0.222 e. The van der Waals surface area contributed by atoms with Crippen LogP contribution in [0.1, 0.15) is 36.9 Å². The molecule has 0 radical (unpaired) electrons. The molecule has 1 aromatic heterocycles. The number of rotatable bonds is 10. The van der Waals surface area contributed by atoms with E-state index in [4.69, 9.17) is 14.7 Å². The van der Waals surface area contributed by atoms with Crippen molar-refractivity contribution in [3.05, 3.63) is 53.9 Å². The highest BCUT2D eigenvalue weighted by Crippen LogP contribution is 2.28. The lowest BCUT2D eigenvalue weighted by molar-refractivity contribution is -0.133. The van der Waals surface area contributed by atoms with Crippen molar-refractivity contribution in [2.24, 2.45) is 0 Å². The van der Waals surface area contributed by atoms with Crippen LogP contribution in [0.4, 0.5) is 0 Å². The van der Waals surface area contributed by atoms with Crippen molar-refractivity contribution in [2.75, 3.05) is 40.4 Å². The normalized spacial score (nSPS) is 14.5. The van der Waals surface area contributed by atoms with E-state index in [9.17, 15) is 4.79 Å². The van der Waals surface area contributed by atoms with Crippen LogP contribution < -0.4 is 9.47 Å². The van der Waals surface area contributed by atoms with Crippen LogP contribution >= 0.6 is 0 Å². The number of piperidine rings is 1. The topological polar surface area (TPSA) is 78.7 Å². The molecule has 1 fully saturated rings. The Morgan fingerprint density at radius 2 is 2.06 bits per heavy atom. The average molecular weight is 437 g/mol. The highest BCUT2D eigenvalue weighted by atomic mass is 16.5. The van der Waals surface area contributed by atoms with Crippen molar-refractivity contribution >= 4 is 5.91 Å². The number of pyridine rings is 1. The van der Waals surface area contributed by atoms with Crippen LogP contribution in [0, 0.1) is 11.3 Å². The summed E-state index contributed by atoms with van der Waals surface area (Å²) in [6.07, 6.45) is 5.90. The van der Waals surface area contributed by atoms with E-state index in [0.717, 1.165) is 44.6 Å². The Morgan fingerprint density at radius 3 is 2.75 bits per heavy atom. The number of nitriles is 1. The Morgan fingerprint density at radius 1 is 1.25 bits per heavy atom. The van der Waals surface area contributed by atoms with Crippen LogP contribution in [0.3, 0.4) is 0 Å². The molecule has 0 bridgehead atoms. The van der Waals surface area contributed by atoms with Crippen LogP contribution in [-0.4, -0.2) is 67.1 Å². The van der Waals surface area contributed by atoms with Gasteiger partial charge in [0, 0.05) is 63.5 Å². The summed E-state index contributed by atoms with van der Waals surface area (Å²) in [4.78, 5) is 21.4. The van der Waals surface area contributed by atoms with Crippen LogP contribution in [-0.2, 0) is 11.2 Å². The summed E-state index contributed by atoms with van der Waals surface area (Å²) in [5, 5.41) is 8.98. The third-order valence-corrected chi connectivity index (χ3v) is 5.99. The fourth-order valence-corrected chi connectivity index (χ4v) is 3.99. The van der Waals surface area contributed by atoms with Crippen molar-refractivity contribution in [2.45, 2.75) is 38.1 Å². The molecular weight excluding hydrogens is 404 g/mol. The molecule has 2 heterocycles. The molecule has 7 heteroatoms. The molecule has 1 aromatic carbocycles. The van der Waals surface area contributed by atoms with E-state index >= 15 is 0 Å². The summed E-state index contributed by atoms with van der Waals surface area (Å²) in [6.45, 7) is 3.46. The van der Waals surface area contributed by atoms with E-state index in [-0.39, 0.29) is 5.91 Å². The lowest BCUT2D eigenvalue weighted by Crippen LogP contribution is -2.46. The van der Waals surface area contributed by atoms with Gasteiger partial charge in [0.25, 0.3) is 0 Å². The second-order valence-electron chi connectivity index (χ2n) is 8.08. The standard InChI is InChI=1S/C25H32N4O3/c1-28(22-11-15-29(16-12-22)14-10-21-6-3-4-13-27-21)25(30)7-5-17-32-23-9-8-20(19-26)18-24(23)31-2/h3-4,6,8-9,13,18,22H,5,7,10-12,14-17H2,1-2H3. The van der Waals surface area contributed by atoms with Crippen LogP contribution in [0.25, 0.3) is 0 Å². The molecule has 2 aromatic rings. The lowest BCUT2D eigenvalue weighted by atomic mass is 10.0. The Kier molecular flexibility index (Phi) is 8.88. The highest BCUT2D eigenvalue weighted by molar-refractivity contribution is 5.76. The Bertz CT molecular complexity index is 905. The van der Waals surface area contributed by atoms with E-state index in [1.807, 2.05) is 30.3 Å². The number of ether oxygens (including phenoxy) is 2. The number of carbonyl (C=O) groups excluding carboxylic acids is 1. The summed E-state index contributed by atoms with van der Waals surface area (Å²) in [7, 11) is 3.47. The second kappa shape index (κ2) is 12.1. The van der Waals surface area contributed by atoms with Gasteiger partial charge >= 0.3 is 0 Å². The maximum atomic E-state index is 12.6. The van der Waals surface area contributed by atoms with E-state index in [0.29, 0.717) is 42.6 Å². The minimum Gasteiger partial charge on any atom is -0.493 e. The molecule has 0 atom stereocenters. The predicted octanol–water partition coefficient (Wildman–Crippen LogP) is 3.29.